The molecule has 0 saturated heterocycles. The third-order valence-electron chi connectivity index (χ3n) is 7.47. The summed E-state index contributed by atoms with van der Waals surface area (Å²) in [6.07, 6.45) is 3.20. The molecule has 2 aromatic heterocycles. The first-order valence-electron chi connectivity index (χ1n) is 13.6. The van der Waals surface area contributed by atoms with E-state index in [2.05, 4.69) is 45.6 Å². The van der Waals surface area contributed by atoms with E-state index in [-0.39, 0.29) is 12.5 Å². The van der Waals surface area contributed by atoms with Crippen molar-refractivity contribution < 1.29 is 23.8 Å². The first-order chi connectivity index (χ1) is 21.2. The van der Waals surface area contributed by atoms with E-state index in [1.54, 1.807) is 38.4 Å². The Labute approximate surface area is 247 Å². The fraction of sp³-hybridized carbons (Fsp3) is 0.152. The predicted octanol–water partition coefficient (Wildman–Crippen LogP) is 6.14. The van der Waals surface area contributed by atoms with E-state index in [9.17, 15) is 0 Å². The van der Waals surface area contributed by atoms with Crippen molar-refractivity contribution in [2.75, 3.05) is 21.3 Å². The summed E-state index contributed by atoms with van der Waals surface area (Å²) in [6.45, 7) is 0.0633. The van der Waals surface area contributed by atoms with Crippen molar-refractivity contribution in [2.24, 2.45) is 5.16 Å². The number of oxime groups is 1. The molecule has 0 spiro atoms. The van der Waals surface area contributed by atoms with Gasteiger partial charge in [-0.3, -0.25) is 0 Å². The van der Waals surface area contributed by atoms with Gasteiger partial charge in [-0.25, -0.2) is 14.5 Å². The summed E-state index contributed by atoms with van der Waals surface area (Å²) < 4.78 is 24.1. The second-order valence-electron chi connectivity index (χ2n) is 9.89. The molecule has 7 rings (SSSR count). The molecule has 0 amide bonds. The Morgan fingerprint density at radius 2 is 1.72 bits per heavy atom. The number of fused-ring (bicyclic) bond motifs is 6. The zero-order valence-corrected chi connectivity index (χ0v) is 23.7. The lowest BCUT2D eigenvalue weighted by atomic mass is 9.81. The van der Waals surface area contributed by atoms with Crippen LogP contribution in [0.5, 0.6) is 28.9 Å². The maximum atomic E-state index is 6.39. The number of aromatic nitrogens is 4. The van der Waals surface area contributed by atoms with Crippen LogP contribution in [0.1, 0.15) is 34.0 Å². The van der Waals surface area contributed by atoms with Crippen molar-refractivity contribution in [1.29, 1.82) is 0 Å². The minimum Gasteiger partial charge on any atom is -0.497 e. The van der Waals surface area contributed by atoms with Crippen LogP contribution < -0.4 is 18.9 Å². The van der Waals surface area contributed by atoms with Crippen LogP contribution in [-0.4, -0.2) is 47.1 Å². The Hall–Kier alpha value is -5.64. The van der Waals surface area contributed by atoms with E-state index >= 15 is 0 Å². The van der Waals surface area contributed by atoms with Crippen molar-refractivity contribution in [3.05, 3.63) is 113 Å². The quantitative estimate of drug-likeness (QED) is 0.158. The lowest BCUT2D eigenvalue weighted by Crippen LogP contribution is -2.15. The van der Waals surface area contributed by atoms with Crippen molar-refractivity contribution in [1.82, 2.24) is 19.6 Å². The molecule has 1 aliphatic heterocycles. The van der Waals surface area contributed by atoms with Crippen LogP contribution in [0.3, 0.4) is 0 Å². The van der Waals surface area contributed by atoms with Gasteiger partial charge in [0.1, 0.15) is 17.8 Å². The van der Waals surface area contributed by atoms with Crippen LogP contribution in [-0.2, 0) is 11.4 Å². The van der Waals surface area contributed by atoms with Gasteiger partial charge in [-0.2, -0.15) is 0 Å². The first kappa shape index (κ1) is 26.3. The minimum atomic E-state index is -0.215. The Kier molecular flexibility index (Phi) is 6.71. The minimum absolute atomic E-state index is 0.0633. The molecule has 43 heavy (non-hydrogen) atoms. The molecule has 0 radical (unpaired) electrons. The molecule has 1 aliphatic rings. The molecular formula is C33H27N5O5. The fourth-order valence-corrected chi connectivity index (χ4v) is 5.47. The van der Waals surface area contributed by atoms with Gasteiger partial charge in [0.15, 0.2) is 29.6 Å². The number of benzene rings is 4. The molecule has 0 bridgehead atoms. The van der Waals surface area contributed by atoms with E-state index in [0.717, 1.165) is 44.5 Å². The van der Waals surface area contributed by atoms with Crippen LogP contribution >= 0.6 is 0 Å². The van der Waals surface area contributed by atoms with Crippen molar-refractivity contribution >= 4 is 22.6 Å². The average Bonchev–Trinajstić information content (AvgIpc) is 3.49. The van der Waals surface area contributed by atoms with Gasteiger partial charge in [0.2, 0.25) is 5.88 Å². The lowest BCUT2D eigenvalue weighted by Gasteiger charge is -2.29. The highest BCUT2D eigenvalue weighted by molar-refractivity contribution is 5.90. The topological polar surface area (TPSA) is 102 Å². The number of methoxy groups -OCH3 is 3. The normalized spacial score (nSPS) is 13.9. The zero-order chi connectivity index (χ0) is 29.3. The maximum Gasteiger partial charge on any atom is 0.228 e. The maximum absolute atomic E-state index is 6.39. The summed E-state index contributed by atoms with van der Waals surface area (Å²) in [7, 11) is 4.84. The Morgan fingerprint density at radius 1 is 0.884 bits per heavy atom. The Balaban J connectivity index is 1.26. The molecule has 1 atom stereocenters. The molecule has 0 fully saturated rings. The summed E-state index contributed by atoms with van der Waals surface area (Å²) in [5, 5.41) is 10.9. The molecule has 214 valence electrons. The Morgan fingerprint density at radius 3 is 2.53 bits per heavy atom. The van der Waals surface area contributed by atoms with Crippen LogP contribution in [0.2, 0.25) is 0 Å². The smallest absolute Gasteiger partial charge is 0.228 e. The molecule has 10 nitrogen and oxygen atoms in total. The highest BCUT2D eigenvalue weighted by Gasteiger charge is 2.34. The summed E-state index contributed by atoms with van der Waals surface area (Å²) in [5.41, 5.74) is 4.35. The Bertz CT molecular complexity index is 1990. The first-order valence-corrected chi connectivity index (χ1v) is 13.6. The van der Waals surface area contributed by atoms with Gasteiger partial charge in [-0.05, 0) is 52.7 Å². The average molecular weight is 574 g/mol. The van der Waals surface area contributed by atoms with Gasteiger partial charge >= 0.3 is 0 Å². The third-order valence-corrected chi connectivity index (χ3v) is 7.47. The van der Waals surface area contributed by atoms with Gasteiger partial charge in [-0.1, -0.05) is 47.6 Å². The number of hydrogen-bond donors (Lipinski definition) is 0. The van der Waals surface area contributed by atoms with Gasteiger partial charge in [0.25, 0.3) is 0 Å². The van der Waals surface area contributed by atoms with E-state index in [1.165, 1.54) is 0 Å². The van der Waals surface area contributed by atoms with Gasteiger partial charge < -0.3 is 23.8 Å². The van der Waals surface area contributed by atoms with E-state index < -0.39 is 0 Å². The molecule has 10 heteroatoms. The van der Waals surface area contributed by atoms with Crippen molar-refractivity contribution in [3.63, 3.8) is 0 Å². The fourth-order valence-electron chi connectivity index (χ4n) is 5.47. The second kappa shape index (κ2) is 11.0. The molecule has 0 aliphatic carbocycles. The standard InChI is InChI=1S/C33H27N5O5/c1-39-23-12-9-22(10-13-23)29-30-24-7-5-4-6-21(24)11-15-26(30)43-33-31(29)32-36-28(37-38(32)19-34-33)18-42-35-17-20-8-14-25(40-2)27(16-20)41-3/h4-17,19,29H,18H2,1-3H3/b35-17-/t29-/m1/s1. The van der Waals surface area contributed by atoms with Crippen LogP contribution in [0, 0.1) is 0 Å². The summed E-state index contributed by atoms with van der Waals surface area (Å²) in [6, 6.07) is 25.9. The number of hydrogen-bond acceptors (Lipinski definition) is 9. The van der Waals surface area contributed by atoms with Gasteiger partial charge in [-0.15, -0.1) is 5.10 Å². The SMILES string of the molecule is COc1ccc([C@@H]2c3c(ccc4ccccc34)Oc3ncn4nc(CO/N=C\c5ccc(OC)c(OC)c5)nc4c32)cc1. The highest BCUT2D eigenvalue weighted by Crippen LogP contribution is 2.50. The molecule has 3 heterocycles. The summed E-state index contributed by atoms with van der Waals surface area (Å²) in [5.74, 6) is 3.51. The predicted molar refractivity (Wildman–Crippen MR) is 161 cm³/mol. The number of nitrogens with zero attached hydrogens (tertiary/aromatic N) is 5. The van der Waals surface area contributed by atoms with E-state index in [4.69, 9.17) is 28.8 Å². The van der Waals surface area contributed by atoms with E-state index in [1.807, 2.05) is 48.5 Å². The van der Waals surface area contributed by atoms with Crippen LogP contribution in [0.15, 0.2) is 90.3 Å². The second-order valence-corrected chi connectivity index (χ2v) is 9.89. The largest absolute Gasteiger partial charge is 0.497 e. The lowest BCUT2D eigenvalue weighted by molar-refractivity contribution is 0.126. The van der Waals surface area contributed by atoms with Crippen LogP contribution in [0.4, 0.5) is 0 Å². The molecule has 4 aromatic carbocycles. The van der Waals surface area contributed by atoms with Crippen LogP contribution in [0.25, 0.3) is 16.4 Å². The summed E-state index contributed by atoms with van der Waals surface area (Å²) >= 11 is 0. The van der Waals surface area contributed by atoms with Gasteiger partial charge in [0, 0.05) is 17.0 Å². The number of ether oxygens (including phenoxy) is 4. The van der Waals surface area contributed by atoms with Crippen molar-refractivity contribution in [2.45, 2.75) is 12.5 Å². The number of rotatable bonds is 8. The molecule has 6 aromatic rings. The molecular weight excluding hydrogens is 546 g/mol. The molecule has 0 saturated carbocycles. The molecule has 0 unspecified atom stereocenters. The monoisotopic (exact) mass is 573 g/mol. The third kappa shape index (κ3) is 4.72. The zero-order valence-electron chi connectivity index (χ0n) is 23.7. The summed E-state index contributed by atoms with van der Waals surface area (Å²) in [4.78, 5) is 15.1. The highest BCUT2D eigenvalue weighted by atomic mass is 16.6. The van der Waals surface area contributed by atoms with Crippen molar-refractivity contribution in [3.8, 4) is 28.9 Å². The van der Waals surface area contributed by atoms with E-state index in [0.29, 0.717) is 28.9 Å². The molecule has 0 N–H and O–H groups in total. The van der Waals surface area contributed by atoms with Gasteiger partial charge in [0.05, 0.1) is 33.1 Å².